The molecule has 0 rings (SSSR count). The van der Waals surface area contributed by atoms with Crippen molar-refractivity contribution in [2.75, 3.05) is 6.54 Å². The van der Waals surface area contributed by atoms with Gasteiger partial charge in [-0.25, -0.2) is 0 Å². The molecule has 44 valence electrons. The zero-order valence-corrected chi connectivity index (χ0v) is 6.27. The molecule has 4 heteroatoms. The number of nitrogens with one attached hydrogen (secondary N) is 1. The molecule has 0 aromatic carbocycles. The Morgan fingerprint density at radius 1 is 2.00 bits per heavy atom. The van der Waals surface area contributed by atoms with E-state index >= 15 is 0 Å². The summed E-state index contributed by atoms with van der Waals surface area (Å²) in [5, 5.41) is 8.73. The summed E-state index contributed by atoms with van der Waals surface area (Å²) in [6.07, 6.45) is 0. The Hall–Kier alpha value is 0.610. The fraction of sp³-hybridized carbons (Fsp3) is 1.00. The van der Waals surface area contributed by atoms with Crippen molar-refractivity contribution in [2.45, 2.75) is 12.6 Å². The van der Waals surface area contributed by atoms with Crippen LogP contribution in [0.5, 0.6) is 0 Å². The predicted octanol–water partition coefficient (Wildman–Crippen LogP) is -0.407. The van der Waals surface area contributed by atoms with Crippen molar-refractivity contribution in [2.24, 2.45) is 5.73 Å². The standard InChI is InChI=1S/C3H9IN2O/c1-3(5,7)2-6-4/h6-7H,2,5H2,1H3/t3-/m1/s1. The Morgan fingerprint density at radius 3 is 2.43 bits per heavy atom. The van der Waals surface area contributed by atoms with Gasteiger partial charge in [0.2, 0.25) is 0 Å². The molecule has 4 N–H and O–H groups in total. The van der Waals surface area contributed by atoms with Crippen LogP contribution in [0.25, 0.3) is 0 Å². The summed E-state index contributed by atoms with van der Waals surface area (Å²) in [5.41, 5.74) is 4.07. The summed E-state index contributed by atoms with van der Waals surface area (Å²) >= 11 is 1.92. The van der Waals surface area contributed by atoms with Crippen LogP contribution in [-0.4, -0.2) is 17.4 Å². The Bertz CT molecular complexity index is 51.4. The van der Waals surface area contributed by atoms with Gasteiger partial charge in [0.1, 0.15) is 5.72 Å². The fourth-order valence-corrected chi connectivity index (χ4v) is 0.907. The SMILES string of the molecule is C[C@@](N)(O)CNI. The normalized spacial score (nSPS) is 18.9. The lowest BCUT2D eigenvalue weighted by Gasteiger charge is -2.14. The first-order chi connectivity index (χ1) is 3.06. The summed E-state index contributed by atoms with van der Waals surface area (Å²) in [5.74, 6) is 0. The topological polar surface area (TPSA) is 58.3 Å². The van der Waals surface area contributed by atoms with E-state index in [1.807, 2.05) is 22.9 Å². The highest BCUT2D eigenvalue weighted by Crippen LogP contribution is 1.88. The van der Waals surface area contributed by atoms with Crippen LogP contribution in [0.3, 0.4) is 0 Å². The zero-order valence-electron chi connectivity index (χ0n) is 4.11. The second-order valence-corrected chi connectivity index (χ2v) is 2.43. The summed E-state index contributed by atoms with van der Waals surface area (Å²) < 4.78 is 2.70. The van der Waals surface area contributed by atoms with E-state index in [4.69, 9.17) is 10.8 Å². The van der Waals surface area contributed by atoms with Gasteiger partial charge in [0.05, 0.1) is 0 Å². The molecule has 0 aromatic heterocycles. The molecule has 1 atom stereocenters. The van der Waals surface area contributed by atoms with Crippen molar-refractivity contribution in [3.8, 4) is 0 Å². The second-order valence-electron chi connectivity index (χ2n) is 1.67. The van der Waals surface area contributed by atoms with Crippen molar-refractivity contribution in [1.29, 1.82) is 0 Å². The maximum absolute atomic E-state index is 8.73. The number of aliphatic hydroxyl groups is 1. The first-order valence-electron chi connectivity index (χ1n) is 1.91. The van der Waals surface area contributed by atoms with Gasteiger partial charge in [-0.15, -0.1) is 0 Å². The van der Waals surface area contributed by atoms with Gasteiger partial charge >= 0.3 is 0 Å². The van der Waals surface area contributed by atoms with Crippen LogP contribution >= 0.6 is 22.9 Å². The minimum atomic E-state index is -1.07. The third-order valence-electron chi connectivity index (χ3n) is 0.425. The molecule has 0 heterocycles. The van der Waals surface area contributed by atoms with Gasteiger partial charge in [-0.05, 0) is 6.92 Å². The van der Waals surface area contributed by atoms with Gasteiger partial charge in [-0.3, -0.25) is 3.53 Å². The highest BCUT2D eigenvalue weighted by molar-refractivity contribution is 14.1. The van der Waals surface area contributed by atoms with E-state index in [1.54, 1.807) is 6.92 Å². The van der Waals surface area contributed by atoms with Gasteiger partial charge in [-0.1, -0.05) is 0 Å². The molecule has 0 aliphatic rings. The fourth-order valence-electron chi connectivity index (χ4n) is 0.135. The van der Waals surface area contributed by atoms with Crippen molar-refractivity contribution in [3.63, 3.8) is 0 Å². The van der Waals surface area contributed by atoms with Crippen LogP contribution in [0.4, 0.5) is 0 Å². The lowest BCUT2D eigenvalue weighted by molar-refractivity contribution is 0.0744. The van der Waals surface area contributed by atoms with E-state index in [1.165, 1.54) is 0 Å². The van der Waals surface area contributed by atoms with Gasteiger partial charge < -0.3 is 10.8 Å². The quantitative estimate of drug-likeness (QED) is 0.334. The van der Waals surface area contributed by atoms with E-state index in [0.717, 1.165) is 0 Å². The molecule has 0 fully saturated rings. The van der Waals surface area contributed by atoms with Crippen molar-refractivity contribution >= 4 is 22.9 Å². The van der Waals surface area contributed by atoms with Crippen molar-refractivity contribution < 1.29 is 5.11 Å². The molecule has 0 aromatic rings. The molecular formula is C3H9IN2O. The first kappa shape index (κ1) is 7.61. The molecule has 0 bridgehead atoms. The van der Waals surface area contributed by atoms with E-state index < -0.39 is 5.72 Å². The Kier molecular flexibility index (Phi) is 3.05. The molecule has 0 saturated carbocycles. The number of rotatable bonds is 2. The summed E-state index contributed by atoms with van der Waals surface area (Å²) in [7, 11) is 0. The third-order valence-corrected chi connectivity index (χ3v) is 0.806. The molecular weight excluding hydrogens is 207 g/mol. The molecule has 0 unspecified atom stereocenters. The first-order valence-corrected chi connectivity index (χ1v) is 2.99. The van der Waals surface area contributed by atoms with Gasteiger partial charge in [0.25, 0.3) is 0 Å². The highest BCUT2D eigenvalue weighted by atomic mass is 127. The monoisotopic (exact) mass is 216 g/mol. The predicted molar refractivity (Wildman–Crippen MR) is 36.8 cm³/mol. The summed E-state index contributed by atoms with van der Waals surface area (Å²) in [6.45, 7) is 1.95. The number of hydrogen-bond acceptors (Lipinski definition) is 3. The van der Waals surface area contributed by atoms with Crippen molar-refractivity contribution in [1.82, 2.24) is 3.53 Å². The Morgan fingerprint density at radius 2 is 2.43 bits per heavy atom. The molecule has 0 aliphatic carbocycles. The zero-order chi connectivity index (χ0) is 5.91. The molecule has 0 saturated heterocycles. The van der Waals surface area contributed by atoms with E-state index in [9.17, 15) is 0 Å². The third kappa shape index (κ3) is 6.61. The summed E-state index contributed by atoms with van der Waals surface area (Å²) in [6, 6.07) is 0. The van der Waals surface area contributed by atoms with Crippen LogP contribution in [0.2, 0.25) is 0 Å². The molecule has 0 aliphatic heterocycles. The molecule has 3 nitrogen and oxygen atoms in total. The Labute approximate surface area is 56.8 Å². The lowest BCUT2D eigenvalue weighted by Crippen LogP contribution is -2.43. The van der Waals surface area contributed by atoms with Gasteiger partial charge in [0, 0.05) is 29.4 Å². The van der Waals surface area contributed by atoms with Crippen LogP contribution in [0, 0.1) is 0 Å². The number of halogens is 1. The lowest BCUT2D eigenvalue weighted by atomic mass is 10.3. The maximum Gasteiger partial charge on any atom is 0.124 e. The number of nitrogens with two attached hydrogens (primary N) is 1. The van der Waals surface area contributed by atoms with Crippen LogP contribution in [0.1, 0.15) is 6.92 Å². The summed E-state index contributed by atoms with van der Waals surface area (Å²) in [4.78, 5) is 0. The van der Waals surface area contributed by atoms with Crippen LogP contribution < -0.4 is 9.26 Å². The minimum absolute atomic E-state index is 0.410. The smallest absolute Gasteiger partial charge is 0.124 e. The second kappa shape index (κ2) is 2.81. The number of hydrogen-bond donors (Lipinski definition) is 3. The highest BCUT2D eigenvalue weighted by Gasteiger charge is 2.09. The van der Waals surface area contributed by atoms with Crippen LogP contribution in [-0.2, 0) is 0 Å². The van der Waals surface area contributed by atoms with E-state index in [2.05, 4.69) is 3.53 Å². The van der Waals surface area contributed by atoms with Crippen LogP contribution in [0.15, 0.2) is 0 Å². The molecule has 0 amide bonds. The molecule has 7 heavy (non-hydrogen) atoms. The molecule has 0 spiro atoms. The van der Waals surface area contributed by atoms with E-state index in [0.29, 0.717) is 6.54 Å². The van der Waals surface area contributed by atoms with E-state index in [-0.39, 0.29) is 0 Å². The average Bonchev–Trinajstić information content (AvgIpc) is 1.30. The van der Waals surface area contributed by atoms with Gasteiger partial charge in [-0.2, -0.15) is 0 Å². The largest absolute Gasteiger partial charge is 0.375 e. The average molecular weight is 216 g/mol. The van der Waals surface area contributed by atoms with Crippen molar-refractivity contribution in [3.05, 3.63) is 0 Å². The maximum atomic E-state index is 8.73. The Balaban J connectivity index is 3.15. The van der Waals surface area contributed by atoms with Gasteiger partial charge in [0.15, 0.2) is 0 Å². The molecule has 0 radical (unpaired) electrons. The minimum Gasteiger partial charge on any atom is -0.375 e.